The summed E-state index contributed by atoms with van der Waals surface area (Å²) < 4.78 is 112. The molecule has 0 fully saturated rings. The van der Waals surface area contributed by atoms with E-state index in [1.165, 1.54) is 13.1 Å². The van der Waals surface area contributed by atoms with Gasteiger partial charge in [0, 0.05) is 19.2 Å². The van der Waals surface area contributed by atoms with Crippen LogP contribution in [0.3, 0.4) is 0 Å². The number of hydrogen-bond donors (Lipinski definition) is 1. The zero-order valence-corrected chi connectivity index (χ0v) is 15.7. The summed E-state index contributed by atoms with van der Waals surface area (Å²) in [6, 6.07) is 3.63. The molecule has 0 radical (unpaired) electrons. The lowest BCUT2D eigenvalue weighted by Crippen LogP contribution is -2.22. The molecule has 0 aliphatic rings. The van der Waals surface area contributed by atoms with Gasteiger partial charge in [0.2, 0.25) is 0 Å². The van der Waals surface area contributed by atoms with E-state index in [-0.39, 0.29) is 5.82 Å². The first kappa shape index (κ1) is 22.6. The summed E-state index contributed by atoms with van der Waals surface area (Å²) >= 11 is 0. The highest BCUT2D eigenvalue weighted by molar-refractivity contribution is 7.92. The highest BCUT2D eigenvalue weighted by atomic mass is 32.2. The monoisotopic (exact) mass is 447 g/mol. The van der Waals surface area contributed by atoms with Crippen LogP contribution in [0, 0.1) is 6.92 Å². The second-order valence-corrected chi connectivity index (χ2v) is 7.47. The Morgan fingerprint density at radius 1 is 1.03 bits per heavy atom. The topological polar surface area (TPSA) is 82.5 Å². The van der Waals surface area contributed by atoms with E-state index >= 15 is 0 Å². The van der Waals surface area contributed by atoms with E-state index in [9.17, 15) is 34.8 Å². The Hall–Kier alpha value is -2.64. The molecule has 0 aliphatic carbocycles. The summed E-state index contributed by atoms with van der Waals surface area (Å²) in [5.41, 5.74) is 0.445. The van der Waals surface area contributed by atoms with Crippen LogP contribution in [0.25, 0.3) is 0 Å². The van der Waals surface area contributed by atoms with Crippen LogP contribution in [-0.4, -0.2) is 43.8 Å². The predicted molar refractivity (Wildman–Crippen MR) is 88.3 cm³/mol. The number of sulfonamides is 1. The molecule has 0 saturated heterocycles. The van der Waals surface area contributed by atoms with Gasteiger partial charge >= 0.3 is 12.4 Å². The van der Waals surface area contributed by atoms with Crippen molar-refractivity contribution in [3.05, 3.63) is 30.0 Å². The van der Waals surface area contributed by atoms with Crippen molar-refractivity contribution in [3.63, 3.8) is 0 Å². The van der Waals surface area contributed by atoms with E-state index < -0.39 is 52.0 Å². The Balaban J connectivity index is 2.41. The molecule has 1 heterocycles. The molecular weight excluding hydrogens is 432 g/mol. The summed E-state index contributed by atoms with van der Waals surface area (Å²) in [5.74, 6) is -1.26. The van der Waals surface area contributed by atoms with Crippen LogP contribution in [0.15, 0.2) is 29.2 Å². The fraction of sp³-hybridized carbons (Fsp3) is 0.400. The second-order valence-electron chi connectivity index (χ2n) is 5.82. The minimum absolute atomic E-state index is 0.0223. The van der Waals surface area contributed by atoms with Crippen LogP contribution in [-0.2, 0) is 17.1 Å². The Kier molecular flexibility index (Phi) is 6.25. The van der Waals surface area contributed by atoms with E-state index in [0.717, 1.165) is 16.8 Å². The third-order valence-electron chi connectivity index (χ3n) is 3.24. The van der Waals surface area contributed by atoms with E-state index in [1.807, 2.05) is 0 Å². The van der Waals surface area contributed by atoms with Crippen LogP contribution in [0.4, 0.5) is 32.2 Å². The number of alkyl halides is 6. The van der Waals surface area contributed by atoms with E-state index in [4.69, 9.17) is 0 Å². The number of hydrogen-bond acceptors (Lipinski definition) is 5. The Morgan fingerprint density at radius 2 is 1.62 bits per heavy atom. The molecular formula is C15H15F6N3O4S. The molecule has 0 unspecified atom stereocenters. The molecule has 29 heavy (non-hydrogen) atoms. The lowest BCUT2D eigenvalue weighted by Gasteiger charge is -2.16. The van der Waals surface area contributed by atoms with Gasteiger partial charge in [-0.1, -0.05) is 0 Å². The quantitative estimate of drug-likeness (QED) is 0.658. The Bertz CT molecular complexity index is 969. The number of halogens is 6. The van der Waals surface area contributed by atoms with Crippen LogP contribution >= 0.6 is 0 Å². The highest BCUT2D eigenvalue weighted by Crippen LogP contribution is 2.32. The van der Waals surface area contributed by atoms with Crippen molar-refractivity contribution in [1.29, 1.82) is 0 Å². The van der Waals surface area contributed by atoms with Crippen molar-refractivity contribution < 1.29 is 44.2 Å². The summed E-state index contributed by atoms with van der Waals surface area (Å²) in [6.07, 6.45) is -9.46. The van der Waals surface area contributed by atoms with Gasteiger partial charge in [0.25, 0.3) is 10.0 Å². The SMILES string of the molecule is Cc1cc(NS(=O)(=O)c2cc(OCC(F)(F)F)ccc2OCC(F)(F)F)n(C)n1. The van der Waals surface area contributed by atoms with Gasteiger partial charge < -0.3 is 9.47 Å². The van der Waals surface area contributed by atoms with Gasteiger partial charge in [0.15, 0.2) is 13.2 Å². The molecule has 1 aromatic carbocycles. The molecule has 0 aliphatic heterocycles. The van der Waals surface area contributed by atoms with Crippen molar-refractivity contribution in [3.8, 4) is 11.5 Å². The summed E-state index contributed by atoms with van der Waals surface area (Å²) in [7, 11) is -3.15. The lowest BCUT2D eigenvalue weighted by molar-refractivity contribution is -0.154. The van der Waals surface area contributed by atoms with Gasteiger partial charge in [0.1, 0.15) is 22.2 Å². The van der Waals surface area contributed by atoms with Gasteiger partial charge in [-0.3, -0.25) is 9.40 Å². The molecule has 7 nitrogen and oxygen atoms in total. The maximum absolute atomic E-state index is 12.7. The van der Waals surface area contributed by atoms with Crippen LogP contribution in [0.5, 0.6) is 11.5 Å². The molecule has 0 spiro atoms. The molecule has 162 valence electrons. The fourth-order valence-electron chi connectivity index (χ4n) is 2.13. The van der Waals surface area contributed by atoms with Crippen molar-refractivity contribution in [1.82, 2.24) is 9.78 Å². The van der Waals surface area contributed by atoms with E-state index in [1.54, 1.807) is 6.92 Å². The van der Waals surface area contributed by atoms with Gasteiger partial charge in [0.05, 0.1) is 5.69 Å². The number of aromatic nitrogens is 2. The number of rotatable bonds is 7. The highest BCUT2D eigenvalue weighted by Gasteiger charge is 2.32. The Labute approximate surface area is 161 Å². The lowest BCUT2D eigenvalue weighted by atomic mass is 10.3. The van der Waals surface area contributed by atoms with E-state index in [2.05, 4.69) is 19.3 Å². The van der Waals surface area contributed by atoms with Crippen LogP contribution in [0.2, 0.25) is 0 Å². The maximum Gasteiger partial charge on any atom is 0.422 e. The predicted octanol–water partition coefficient (Wildman–Crippen LogP) is 3.41. The normalized spacial score (nSPS) is 12.7. The number of benzene rings is 1. The Morgan fingerprint density at radius 3 is 2.14 bits per heavy atom. The molecule has 14 heteroatoms. The van der Waals surface area contributed by atoms with Gasteiger partial charge in [-0.05, 0) is 19.1 Å². The smallest absolute Gasteiger partial charge is 0.422 e. The average molecular weight is 447 g/mol. The maximum atomic E-state index is 12.7. The number of nitrogens with zero attached hydrogens (tertiary/aromatic N) is 2. The first-order chi connectivity index (χ1) is 13.2. The van der Waals surface area contributed by atoms with Crippen LogP contribution in [0.1, 0.15) is 5.69 Å². The number of anilines is 1. The molecule has 0 atom stereocenters. The van der Waals surface area contributed by atoms with Gasteiger partial charge in [-0.25, -0.2) is 8.42 Å². The minimum Gasteiger partial charge on any atom is -0.484 e. The molecule has 0 amide bonds. The molecule has 2 aromatic rings. The number of ether oxygens (including phenoxy) is 2. The summed E-state index contributed by atoms with van der Waals surface area (Å²) in [4.78, 5) is -0.833. The first-order valence-electron chi connectivity index (χ1n) is 7.73. The molecule has 2 rings (SSSR count). The van der Waals surface area contributed by atoms with Gasteiger partial charge in [-0.2, -0.15) is 31.4 Å². The third-order valence-corrected chi connectivity index (χ3v) is 4.62. The van der Waals surface area contributed by atoms with Crippen molar-refractivity contribution >= 4 is 15.8 Å². The van der Waals surface area contributed by atoms with Crippen molar-refractivity contribution in [2.45, 2.75) is 24.2 Å². The van der Waals surface area contributed by atoms with E-state index in [0.29, 0.717) is 11.8 Å². The number of aryl methyl sites for hydroxylation is 2. The third kappa shape index (κ3) is 6.73. The van der Waals surface area contributed by atoms with Crippen LogP contribution < -0.4 is 14.2 Å². The van der Waals surface area contributed by atoms with Gasteiger partial charge in [-0.15, -0.1) is 0 Å². The minimum atomic E-state index is -4.76. The van der Waals surface area contributed by atoms with Crippen molar-refractivity contribution in [2.75, 3.05) is 17.9 Å². The zero-order chi connectivity index (χ0) is 22.0. The first-order valence-corrected chi connectivity index (χ1v) is 9.21. The summed E-state index contributed by atoms with van der Waals surface area (Å²) in [5, 5.41) is 3.91. The molecule has 1 aromatic heterocycles. The standard InChI is InChI=1S/C15H15F6N3O4S/c1-9-5-13(24(2)22-9)23-29(25,26)12-6-10(27-7-14(16,17)18)3-4-11(12)28-8-15(19,20)21/h3-6,23H,7-8H2,1-2H3. The fourth-order valence-corrected chi connectivity index (χ4v) is 3.37. The number of nitrogens with one attached hydrogen (secondary N) is 1. The second kappa shape index (κ2) is 8.00. The zero-order valence-electron chi connectivity index (χ0n) is 14.9. The molecule has 1 N–H and O–H groups in total. The summed E-state index contributed by atoms with van der Waals surface area (Å²) in [6.45, 7) is -1.95. The average Bonchev–Trinajstić information content (AvgIpc) is 2.86. The largest absolute Gasteiger partial charge is 0.484 e. The van der Waals surface area contributed by atoms with Crippen molar-refractivity contribution in [2.24, 2.45) is 7.05 Å². The molecule has 0 saturated carbocycles. The molecule has 0 bridgehead atoms.